The SMILES string of the molecule is C=CCOc1c(Cl)cc(CNc2cccc(C(=O)NCC(C)C)c2)cc1OC. The smallest absolute Gasteiger partial charge is 0.251 e. The number of methoxy groups -OCH3 is 1. The summed E-state index contributed by atoms with van der Waals surface area (Å²) >= 11 is 6.34. The van der Waals surface area contributed by atoms with Gasteiger partial charge in [-0.25, -0.2) is 0 Å². The fraction of sp³-hybridized carbons (Fsp3) is 0.318. The molecule has 28 heavy (non-hydrogen) atoms. The van der Waals surface area contributed by atoms with Gasteiger partial charge >= 0.3 is 0 Å². The molecule has 0 saturated heterocycles. The van der Waals surface area contributed by atoms with Gasteiger partial charge in [-0.1, -0.05) is 44.2 Å². The number of halogens is 1. The van der Waals surface area contributed by atoms with Crippen molar-refractivity contribution in [2.24, 2.45) is 5.92 Å². The van der Waals surface area contributed by atoms with Crippen LogP contribution in [0.4, 0.5) is 5.69 Å². The fourth-order valence-corrected chi connectivity index (χ4v) is 2.82. The standard InChI is InChI=1S/C22H27ClN2O3/c1-5-9-28-21-19(23)10-16(11-20(21)27-4)14-24-18-8-6-7-17(12-18)22(26)25-13-15(2)3/h5-8,10-12,15,24H,1,9,13-14H2,2-4H3,(H,25,26). The van der Waals surface area contributed by atoms with Crippen molar-refractivity contribution in [3.63, 3.8) is 0 Å². The molecule has 0 fully saturated rings. The molecule has 2 aromatic carbocycles. The third kappa shape index (κ3) is 6.20. The van der Waals surface area contributed by atoms with Crippen LogP contribution in [-0.4, -0.2) is 26.2 Å². The highest BCUT2D eigenvalue weighted by Gasteiger charge is 2.12. The van der Waals surface area contributed by atoms with E-state index in [4.69, 9.17) is 21.1 Å². The summed E-state index contributed by atoms with van der Waals surface area (Å²) < 4.78 is 11.0. The van der Waals surface area contributed by atoms with Crippen LogP contribution >= 0.6 is 11.6 Å². The van der Waals surface area contributed by atoms with Crippen LogP contribution in [0.3, 0.4) is 0 Å². The molecule has 5 nitrogen and oxygen atoms in total. The maximum absolute atomic E-state index is 12.2. The van der Waals surface area contributed by atoms with Crippen molar-refractivity contribution in [1.29, 1.82) is 0 Å². The van der Waals surface area contributed by atoms with Crippen LogP contribution in [-0.2, 0) is 6.54 Å². The van der Waals surface area contributed by atoms with Gasteiger partial charge in [0.2, 0.25) is 0 Å². The van der Waals surface area contributed by atoms with E-state index in [0.29, 0.717) is 47.7 Å². The van der Waals surface area contributed by atoms with E-state index >= 15 is 0 Å². The molecule has 0 atom stereocenters. The summed E-state index contributed by atoms with van der Waals surface area (Å²) in [7, 11) is 1.57. The van der Waals surface area contributed by atoms with E-state index in [-0.39, 0.29) is 5.91 Å². The molecule has 2 rings (SSSR count). The lowest BCUT2D eigenvalue weighted by atomic mass is 10.1. The van der Waals surface area contributed by atoms with Gasteiger partial charge in [-0.2, -0.15) is 0 Å². The van der Waals surface area contributed by atoms with Gasteiger partial charge in [0.25, 0.3) is 5.91 Å². The van der Waals surface area contributed by atoms with Crippen molar-refractivity contribution < 1.29 is 14.3 Å². The monoisotopic (exact) mass is 402 g/mol. The molecule has 6 heteroatoms. The molecule has 0 aromatic heterocycles. The zero-order chi connectivity index (χ0) is 20.5. The summed E-state index contributed by atoms with van der Waals surface area (Å²) in [6.45, 7) is 9.27. The van der Waals surface area contributed by atoms with Crippen molar-refractivity contribution in [2.45, 2.75) is 20.4 Å². The zero-order valence-corrected chi connectivity index (χ0v) is 17.3. The van der Waals surface area contributed by atoms with Gasteiger partial charge in [0.1, 0.15) is 6.61 Å². The Morgan fingerprint density at radius 1 is 1.29 bits per heavy atom. The van der Waals surface area contributed by atoms with Gasteiger partial charge in [-0.3, -0.25) is 4.79 Å². The Morgan fingerprint density at radius 3 is 2.75 bits per heavy atom. The minimum absolute atomic E-state index is 0.0780. The number of benzene rings is 2. The largest absolute Gasteiger partial charge is 0.493 e. The van der Waals surface area contributed by atoms with Crippen LogP contribution in [0.5, 0.6) is 11.5 Å². The molecule has 0 heterocycles. The number of carbonyl (C=O) groups is 1. The second-order valence-electron chi connectivity index (χ2n) is 6.75. The fourth-order valence-electron chi connectivity index (χ4n) is 2.53. The van der Waals surface area contributed by atoms with Crippen LogP contribution in [0.25, 0.3) is 0 Å². The Balaban J connectivity index is 2.07. The molecular weight excluding hydrogens is 376 g/mol. The van der Waals surface area contributed by atoms with Crippen LogP contribution in [0.2, 0.25) is 5.02 Å². The molecule has 0 aliphatic rings. The number of nitrogens with one attached hydrogen (secondary N) is 2. The lowest BCUT2D eigenvalue weighted by molar-refractivity contribution is 0.0949. The second-order valence-corrected chi connectivity index (χ2v) is 7.15. The Kier molecular flexibility index (Phi) is 8.20. The van der Waals surface area contributed by atoms with E-state index in [0.717, 1.165) is 11.3 Å². The maximum Gasteiger partial charge on any atom is 0.251 e. The van der Waals surface area contributed by atoms with Crippen molar-refractivity contribution in [1.82, 2.24) is 5.32 Å². The first kappa shape index (κ1) is 21.6. The lowest BCUT2D eigenvalue weighted by Crippen LogP contribution is -2.27. The summed E-state index contributed by atoms with van der Waals surface area (Å²) in [5, 5.41) is 6.71. The van der Waals surface area contributed by atoms with Gasteiger partial charge in [-0.05, 0) is 41.8 Å². The van der Waals surface area contributed by atoms with Crippen molar-refractivity contribution in [3.8, 4) is 11.5 Å². The molecule has 2 N–H and O–H groups in total. The minimum Gasteiger partial charge on any atom is -0.493 e. The molecular formula is C22H27ClN2O3. The van der Waals surface area contributed by atoms with Gasteiger partial charge in [-0.15, -0.1) is 0 Å². The molecule has 0 radical (unpaired) electrons. The predicted molar refractivity (Wildman–Crippen MR) is 115 cm³/mol. The molecule has 0 aliphatic heterocycles. The van der Waals surface area contributed by atoms with Crippen LogP contribution in [0.15, 0.2) is 49.1 Å². The maximum atomic E-state index is 12.2. The Morgan fingerprint density at radius 2 is 2.07 bits per heavy atom. The van der Waals surface area contributed by atoms with Crippen LogP contribution < -0.4 is 20.1 Å². The number of hydrogen-bond acceptors (Lipinski definition) is 4. The molecule has 0 spiro atoms. The number of rotatable bonds is 10. The van der Waals surface area contributed by atoms with Crippen molar-refractivity contribution in [2.75, 3.05) is 25.6 Å². The summed E-state index contributed by atoms with van der Waals surface area (Å²) in [6.07, 6.45) is 1.65. The highest BCUT2D eigenvalue weighted by atomic mass is 35.5. The van der Waals surface area contributed by atoms with Gasteiger partial charge < -0.3 is 20.1 Å². The normalized spacial score (nSPS) is 10.5. The average molecular weight is 403 g/mol. The number of carbonyl (C=O) groups excluding carboxylic acids is 1. The van der Waals surface area contributed by atoms with E-state index in [9.17, 15) is 4.79 Å². The Labute approximate surface area is 171 Å². The molecule has 0 bridgehead atoms. The van der Waals surface area contributed by atoms with Gasteiger partial charge in [0.05, 0.1) is 12.1 Å². The van der Waals surface area contributed by atoms with E-state index in [2.05, 4.69) is 31.1 Å². The second kappa shape index (κ2) is 10.6. The molecule has 1 amide bonds. The van der Waals surface area contributed by atoms with E-state index in [1.807, 2.05) is 30.3 Å². The van der Waals surface area contributed by atoms with Gasteiger partial charge in [0.15, 0.2) is 11.5 Å². The lowest BCUT2D eigenvalue weighted by Gasteiger charge is -2.14. The van der Waals surface area contributed by atoms with Gasteiger partial charge in [0, 0.05) is 24.3 Å². The van der Waals surface area contributed by atoms with E-state index in [1.165, 1.54) is 0 Å². The van der Waals surface area contributed by atoms with Crippen molar-refractivity contribution in [3.05, 3.63) is 65.2 Å². The predicted octanol–water partition coefficient (Wildman–Crippen LogP) is 4.91. The summed E-state index contributed by atoms with van der Waals surface area (Å²) in [4.78, 5) is 12.2. The summed E-state index contributed by atoms with van der Waals surface area (Å²) in [5.41, 5.74) is 2.40. The first-order valence-corrected chi connectivity index (χ1v) is 9.54. The number of anilines is 1. The Bertz CT molecular complexity index is 821. The zero-order valence-electron chi connectivity index (χ0n) is 16.5. The topological polar surface area (TPSA) is 59.6 Å². The number of ether oxygens (including phenoxy) is 2. The number of hydrogen-bond donors (Lipinski definition) is 2. The first-order chi connectivity index (χ1) is 13.4. The first-order valence-electron chi connectivity index (χ1n) is 9.16. The summed E-state index contributed by atoms with van der Waals surface area (Å²) in [5.74, 6) is 1.39. The molecule has 0 unspecified atom stereocenters. The van der Waals surface area contributed by atoms with Crippen LogP contribution in [0.1, 0.15) is 29.8 Å². The van der Waals surface area contributed by atoms with Crippen LogP contribution in [0, 0.1) is 5.92 Å². The van der Waals surface area contributed by atoms with Crippen molar-refractivity contribution >= 4 is 23.2 Å². The summed E-state index contributed by atoms with van der Waals surface area (Å²) in [6, 6.07) is 11.1. The Hall–Kier alpha value is -2.66. The molecule has 2 aromatic rings. The third-order valence-electron chi connectivity index (χ3n) is 3.93. The quantitative estimate of drug-likeness (QED) is 0.554. The molecule has 0 saturated carbocycles. The molecule has 150 valence electrons. The highest BCUT2D eigenvalue weighted by Crippen LogP contribution is 2.36. The minimum atomic E-state index is -0.0780. The van der Waals surface area contributed by atoms with E-state index in [1.54, 1.807) is 19.3 Å². The average Bonchev–Trinajstić information content (AvgIpc) is 2.69. The highest BCUT2D eigenvalue weighted by molar-refractivity contribution is 6.32. The third-order valence-corrected chi connectivity index (χ3v) is 4.21. The molecule has 0 aliphatic carbocycles. The van der Waals surface area contributed by atoms with E-state index < -0.39 is 0 Å². The number of amides is 1.